The highest BCUT2D eigenvalue weighted by Gasteiger charge is 2.16. The molecule has 0 bridgehead atoms. The van der Waals surface area contributed by atoms with Crippen LogP contribution in [-0.4, -0.2) is 30.0 Å². The predicted molar refractivity (Wildman–Crippen MR) is 88.2 cm³/mol. The first-order chi connectivity index (χ1) is 11.2. The van der Waals surface area contributed by atoms with Gasteiger partial charge in [0.25, 0.3) is 5.91 Å². The Morgan fingerprint density at radius 1 is 1.17 bits per heavy atom. The molecule has 1 aromatic carbocycles. The van der Waals surface area contributed by atoms with Crippen molar-refractivity contribution in [3.63, 3.8) is 0 Å². The lowest BCUT2D eigenvalue weighted by Gasteiger charge is -2.21. The fraction of sp³-hybridized carbons (Fsp3) is 0.444. The van der Waals surface area contributed by atoms with Gasteiger partial charge in [0.15, 0.2) is 6.61 Å². The summed E-state index contributed by atoms with van der Waals surface area (Å²) in [6.45, 7) is 0.453. The smallest absolute Gasteiger partial charge is 0.340 e. The second-order valence-electron chi connectivity index (χ2n) is 6.13. The highest BCUT2D eigenvalue weighted by atomic mass is 16.5. The third-order valence-electron chi connectivity index (χ3n) is 4.46. The zero-order chi connectivity index (χ0) is 16.1. The monoisotopic (exact) mass is 314 g/mol. The fourth-order valence-electron chi connectivity index (χ4n) is 3.15. The van der Waals surface area contributed by atoms with Gasteiger partial charge in [0, 0.05) is 23.6 Å². The van der Waals surface area contributed by atoms with Crippen LogP contribution in [0.1, 0.15) is 42.5 Å². The number of H-pyrrole nitrogens is 1. The highest BCUT2D eigenvalue weighted by Crippen LogP contribution is 2.22. The fourth-order valence-corrected chi connectivity index (χ4v) is 3.15. The number of benzene rings is 1. The molecule has 23 heavy (non-hydrogen) atoms. The number of amides is 1. The number of rotatable bonds is 5. The largest absolute Gasteiger partial charge is 0.452 e. The molecule has 0 radical (unpaired) electrons. The van der Waals surface area contributed by atoms with Gasteiger partial charge in [0.1, 0.15) is 0 Å². The van der Waals surface area contributed by atoms with E-state index in [1.54, 1.807) is 6.20 Å². The summed E-state index contributed by atoms with van der Waals surface area (Å²) < 4.78 is 5.13. The second kappa shape index (κ2) is 7.31. The van der Waals surface area contributed by atoms with E-state index < -0.39 is 5.97 Å². The maximum absolute atomic E-state index is 12.1. The van der Waals surface area contributed by atoms with Crippen LogP contribution in [0.3, 0.4) is 0 Å². The minimum atomic E-state index is -0.477. The summed E-state index contributed by atoms with van der Waals surface area (Å²) >= 11 is 0. The molecular formula is C18H22N2O3. The summed E-state index contributed by atoms with van der Waals surface area (Å²) in [5.74, 6) is -0.143. The van der Waals surface area contributed by atoms with Gasteiger partial charge < -0.3 is 15.0 Å². The number of hydrogen-bond acceptors (Lipinski definition) is 3. The lowest BCUT2D eigenvalue weighted by molar-refractivity contribution is -0.124. The molecule has 122 valence electrons. The molecule has 1 aliphatic carbocycles. The first-order valence-corrected chi connectivity index (χ1v) is 8.24. The van der Waals surface area contributed by atoms with Gasteiger partial charge in [-0.3, -0.25) is 4.79 Å². The SMILES string of the molecule is O=C(COC(=O)c1c[nH]c2ccccc12)NCC1CCCCC1. The average molecular weight is 314 g/mol. The lowest BCUT2D eigenvalue weighted by Crippen LogP contribution is -2.33. The molecule has 2 N–H and O–H groups in total. The summed E-state index contributed by atoms with van der Waals surface area (Å²) in [4.78, 5) is 27.0. The van der Waals surface area contributed by atoms with Crippen molar-refractivity contribution in [2.45, 2.75) is 32.1 Å². The number of nitrogens with one attached hydrogen (secondary N) is 2. The number of hydrogen-bond donors (Lipinski definition) is 2. The van der Waals surface area contributed by atoms with E-state index in [-0.39, 0.29) is 12.5 Å². The summed E-state index contributed by atoms with van der Waals surface area (Å²) in [5.41, 5.74) is 1.34. The number of esters is 1. The summed E-state index contributed by atoms with van der Waals surface area (Å²) in [7, 11) is 0. The van der Waals surface area contributed by atoms with E-state index in [1.165, 1.54) is 32.1 Å². The Labute approximate surface area is 135 Å². The topological polar surface area (TPSA) is 71.2 Å². The number of carbonyl (C=O) groups is 2. The van der Waals surface area contributed by atoms with Crippen LogP contribution in [0.4, 0.5) is 0 Å². The predicted octanol–water partition coefficient (Wildman–Crippen LogP) is 3.02. The van der Waals surface area contributed by atoms with Crippen molar-refractivity contribution in [3.8, 4) is 0 Å². The minimum absolute atomic E-state index is 0.231. The normalized spacial score (nSPS) is 15.5. The highest BCUT2D eigenvalue weighted by molar-refractivity contribution is 6.04. The van der Waals surface area contributed by atoms with Gasteiger partial charge in [-0.05, 0) is 24.8 Å². The molecule has 5 heteroatoms. The molecule has 1 amide bonds. The van der Waals surface area contributed by atoms with Crippen LogP contribution >= 0.6 is 0 Å². The Morgan fingerprint density at radius 3 is 2.78 bits per heavy atom. The molecule has 1 heterocycles. The van der Waals surface area contributed by atoms with Crippen molar-refractivity contribution in [1.82, 2.24) is 10.3 Å². The Morgan fingerprint density at radius 2 is 1.96 bits per heavy atom. The molecule has 1 fully saturated rings. The van der Waals surface area contributed by atoms with Crippen LogP contribution in [0.5, 0.6) is 0 Å². The van der Waals surface area contributed by atoms with Crippen LogP contribution in [0.25, 0.3) is 10.9 Å². The van der Waals surface area contributed by atoms with Crippen molar-refractivity contribution in [2.75, 3.05) is 13.2 Å². The number of aromatic amines is 1. The molecule has 1 aromatic heterocycles. The molecule has 3 rings (SSSR count). The number of fused-ring (bicyclic) bond motifs is 1. The van der Waals surface area contributed by atoms with Crippen LogP contribution in [0.15, 0.2) is 30.5 Å². The van der Waals surface area contributed by atoms with Gasteiger partial charge in [-0.25, -0.2) is 4.79 Å². The zero-order valence-electron chi connectivity index (χ0n) is 13.1. The maximum Gasteiger partial charge on any atom is 0.340 e. The maximum atomic E-state index is 12.1. The standard InChI is InChI=1S/C18H22N2O3/c21-17(20-10-13-6-2-1-3-7-13)12-23-18(22)15-11-19-16-9-5-4-8-14(15)16/h4-5,8-9,11,13,19H,1-3,6-7,10,12H2,(H,20,21). The van der Waals surface area contributed by atoms with Gasteiger partial charge in [-0.2, -0.15) is 0 Å². The minimum Gasteiger partial charge on any atom is -0.452 e. The molecule has 0 aliphatic heterocycles. The van der Waals surface area contributed by atoms with E-state index in [0.29, 0.717) is 18.0 Å². The van der Waals surface area contributed by atoms with Gasteiger partial charge >= 0.3 is 5.97 Å². The second-order valence-corrected chi connectivity index (χ2v) is 6.13. The van der Waals surface area contributed by atoms with Crippen molar-refractivity contribution in [3.05, 3.63) is 36.0 Å². The van der Waals surface area contributed by atoms with Gasteiger partial charge in [0.2, 0.25) is 0 Å². The lowest BCUT2D eigenvalue weighted by atomic mass is 9.89. The zero-order valence-corrected chi connectivity index (χ0v) is 13.1. The molecular weight excluding hydrogens is 292 g/mol. The molecule has 0 spiro atoms. The van der Waals surface area contributed by atoms with Crippen molar-refractivity contribution in [1.29, 1.82) is 0 Å². The van der Waals surface area contributed by atoms with Gasteiger partial charge in [-0.1, -0.05) is 37.5 Å². The van der Waals surface area contributed by atoms with E-state index in [4.69, 9.17) is 4.74 Å². The molecule has 0 atom stereocenters. The van der Waals surface area contributed by atoms with Crippen LogP contribution in [0.2, 0.25) is 0 Å². The van der Waals surface area contributed by atoms with Crippen molar-refractivity contribution >= 4 is 22.8 Å². The Bertz CT molecular complexity index is 686. The number of ether oxygens (including phenoxy) is 1. The summed E-state index contributed by atoms with van der Waals surface area (Å²) in [5, 5.41) is 3.67. The van der Waals surface area contributed by atoms with Crippen LogP contribution < -0.4 is 5.32 Å². The van der Waals surface area contributed by atoms with E-state index in [1.807, 2.05) is 24.3 Å². The molecule has 5 nitrogen and oxygen atoms in total. The first-order valence-electron chi connectivity index (χ1n) is 8.24. The third-order valence-corrected chi connectivity index (χ3v) is 4.46. The third kappa shape index (κ3) is 3.92. The summed E-state index contributed by atoms with van der Waals surface area (Å²) in [6, 6.07) is 7.51. The Balaban J connectivity index is 1.47. The molecule has 1 saturated carbocycles. The molecule has 0 unspecified atom stereocenters. The van der Waals surface area contributed by atoms with Gasteiger partial charge in [0.05, 0.1) is 5.56 Å². The van der Waals surface area contributed by atoms with E-state index in [9.17, 15) is 9.59 Å². The number of para-hydroxylation sites is 1. The summed E-state index contributed by atoms with van der Waals surface area (Å²) in [6.07, 6.45) is 7.76. The average Bonchev–Trinajstić information content (AvgIpc) is 3.03. The van der Waals surface area contributed by atoms with E-state index >= 15 is 0 Å². The van der Waals surface area contributed by atoms with Crippen LogP contribution in [0, 0.1) is 5.92 Å². The molecule has 0 saturated heterocycles. The first kappa shape index (κ1) is 15.6. The Kier molecular flexibility index (Phi) is 4.95. The van der Waals surface area contributed by atoms with E-state index in [0.717, 1.165) is 10.9 Å². The molecule has 2 aromatic rings. The molecule has 1 aliphatic rings. The van der Waals surface area contributed by atoms with E-state index in [2.05, 4.69) is 10.3 Å². The van der Waals surface area contributed by atoms with Crippen molar-refractivity contribution in [2.24, 2.45) is 5.92 Å². The quantitative estimate of drug-likeness (QED) is 0.833. The van der Waals surface area contributed by atoms with Gasteiger partial charge in [-0.15, -0.1) is 0 Å². The Hall–Kier alpha value is -2.30. The number of aromatic nitrogens is 1. The number of carbonyl (C=O) groups excluding carboxylic acids is 2. The van der Waals surface area contributed by atoms with Crippen molar-refractivity contribution < 1.29 is 14.3 Å². The van der Waals surface area contributed by atoms with Crippen LogP contribution in [-0.2, 0) is 9.53 Å².